The molecule has 10 heteroatoms. The van der Waals surface area contributed by atoms with Crippen LogP contribution in [0.25, 0.3) is 0 Å². The lowest BCUT2D eigenvalue weighted by Gasteiger charge is -2.35. The van der Waals surface area contributed by atoms with Gasteiger partial charge in [-0.25, -0.2) is 9.78 Å². The van der Waals surface area contributed by atoms with Crippen LogP contribution in [0.3, 0.4) is 0 Å². The Labute approximate surface area is 144 Å². The van der Waals surface area contributed by atoms with Crippen LogP contribution in [0.1, 0.15) is 6.92 Å². The predicted octanol–water partition coefficient (Wildman–Crippen LogP) is -0.924. The van der Waals surface area contributed by atoms with E-state index in [-0.39, 0.29) is 24.9 Å². The summed E-state index contributed by atoms with van der Waals surface area (Å²) in [4.78, 5) is 48.5. The number of hydrogen-bond acceptors (Lipinski definition) is 7. The number of piperazine rings is 1. The molecule has 0 atom stereocenters. The topological polar surface area (TPSA) is 108 Å². The summed E-state index contributed by atoms with van der Waals surface area (Å²) in [7, 11) is 0. The van der Waals surface area contributed by atoms with E-state index in [0.717, 1.165) is 4.90 Å². The molecule has 134 valence electrons. The average molecular weight is 348 g/mol. The van der Waals surface area contributed by atoms with Gasteiger partial charge in [0.2, 0.25) is 17.7 Å². The van der Waals surface area contributed by atoms with Crippen LogP contribution in [0, 0.1) is 0 Å². The molecule has 2 aliphatic rings. The number of nitrogens with zero attached hydrogens (tertiary/aromatic N) is 5. The summed E-state index contributed by atoms with van der Waals surface area (Å²) < 4.78 is 5.37. The Bertz CT molecular complexity index is 658. The van der Waals surface area contributed by atoms with E-state index in [1.165, 1.54) is 0 Å². The maximum Gasteiger partial charge on any atom is 0.325 e. The molecular formula is C15H20N6O4. The zero-order valence-electron chi connectivity index (χ0n) is 14.0. The van der Waals surface area contributed by atoms with E-state index in [2.05, 4.69) is 15.3 Å². The summed E-state index contributed by atoms with van der Waals surface area (Å²) in [6.07, 6.45) is 1.64. The molecule has 1 N–H and O–H groups in total. The highest BCUT2D eigenvalue weighted by molar-refractivity contribution is 6.04. The molecule has 0 unspecified atom stereocenters. The molecule has 1 aromatic heterocycles. The first-order valence-corrected chi connectivity index (χ1v) is 8.15. The van der Waals surface area contributed by atoms with Crippen molar-refractivity contribution in [3.05, 3.63) is 12.3 Å². The van der Waals surface area contributed by atoms with E-state index < -0.39 is 6.03 Å². The number of urea groups is 1. The lowest BCUT2D eigenvalue weighted by molar-refractivity contribution is -0.136. The van der Waals surface area contributed by atoms with Gasteiger partial charge in [0, 0.05) is 38.4 Å². The second-order valence-electron chi connectivity index (χ2n) is 5.63. The number of carbonyl (C=O) groups is 3. The summed E-state index contributed by atoms with van der Waals surface area (Å²) in [5.41, 5.74) is 0. The fraction of sp³-hybridized carbons (Fsp3) is 0.533. The lowest BCUT2D eigenvalue weighted by Crippen LogP contribution is -2.52. The summed E-state index contributed by atoms with van der Waals surface area (Å²) in [5, 5.41) is 2.40. The molecule has 1 aromatic rings. The molecule has 0 aromatic carbocycles. The fourth-order valence-electron chi connectivity index (χ4n) is 2.72. The van der Waals surface area contributed by atoms with E-state index in [1.807, 2.05) is 11.8 Å². The van der Waals surface area contributed by atoms with E-state index in [0.29, 0.717) is 44.6 Å². The number of nitrogens with one attached hydrogen (secondary N) is 1. The van der Waals surface area contributed by atoms with Gasteiger partial charge in [-0.15, -0.1) is 0 Å². The van der Waals surface area contributed by atoms with Gasteiger partial charge in [0.25, 0.3) is 5.91 Å². The highest BCUT2D eigenvalue weighted by Crippen LogP contribution is 2.15. The molecule has 0 saturated carbocycles. The van der Waals surface area contributed by atoms with E-state index in [1.54, 1.807) is 17.2 Å². The third kappa shape index (κ3) is 3.78. The standard InChI is InChI=1S/C15H20N6O4/c1-2-25-11-3-4-16-14(18-11)20-7-5-19(6-8-20)13(23)10-21-12(22)9-17-15(21)24/h3-4H,2,5-10H2,1H3,(H,17,24). The number of rotatable bonds is 5. The van der Waals surface area contributed by atoms with Crippen molar-refractivity contribution < 1.29 is 19.1 Å². The van der Waals surface area contributed by atoms with Gasteiger partial charge in [-0.3, -0.25) is 14.5 Å². The van der Waals surface area contributed by atoms with Crippen molar-refractivity contribution in [2.45, 2.75) is 6.92 Å². The molecule has 0 aliphatic carbocycles. The van der Waals surface area contributed by atoms with Crippen LogP contribution in [0.4, 0.5) is 10.7 Å². The summed E-state index contributed by atoms with van der Waals surface area (Å²) in [6.45, 7) is 4.24. The summed E-state index contributed by atoms with van der Waals surface area (Å²) >= 11 is 0. The van der Waals surface area contributed by atoms with Crippen molar-refractivity contribution in [2.75, 3.05) is 50.8 Å². The molecule has 2 fully saturated rings. The third-order valence-corrected chi connectivity index (χ3v) is 4.06. The fourth-order valence-corrected chi connectivity index (χ4v) is 2.72. The van der Waals surface area contributed by atoms with Crippen molar-refractivity contribution >= 4 is 23.8 Å². The Morgan fingerprint density at radius 3 is 2.68 bits per heavy atom. The Morgan fingerprint density at radius 2 is 2.04 bits per heavy atom. The Hall–Kier alpha value is -2.91. The zero-order valence-corrected chi connectivity index (χ0v) is 14.0. The van der Waals surface area contributed by atoms with Crippen molar-refractivity contribution in [3.63, 3.8) is 0 Å². The van der Waals surface area contributed by atoms with Gasteiger partial charge >= 0.3 is 6.03 Å². The highest BCUT2D eigenvalue weighted by Gasteiger charge is 2.32. The minimum atomic E-state index is -0.516. The molecule has 10 nitrogen and oxygen atoms in total. The number of anilines is 1. The van der Waals surface area contributed by atoms with Gasteiger partial charge in [-0.05, 0) is 6.92 Å². The maximum atomic E-state index is 12.3. The first-order chi connectivity index (χ1) is 12.1. The molecule has 2 aliphatic heterocycles. The molecule has 3 rings (SSSR count). The number of carbonyl (C=O) groups excluding carboxylic acids is 3. The van der Waals surface area contributed by atoms with Gasteiger partial charge in [0.1, 0.15) is 6.54 Å². The van der Waals surface area contributed by atoms with Gasteiger partial charge in [0.15, 0.2) is 0 Å². The minimum absolute atomic E-state index is 0.0482. The molecule has 2 saturated heterocycles. The maximum absolute atomic E-state index is 12.3. The SMILES string of the molecule is CCOc1ccnc(N2CCN(C(=O)CN3C(=O)CNC3=O)CC2)n1. The van der Waals surface area contributed by atoms with E-state index in [9.17, 15) is 14.4 Å². The van der Waals surface area contributed by atoms with E-state index in [4.69, 9.17) is 4.74 Å². The smallest absolute Gasteiger partial charge is 0.325 e. The quantitative estimate of drug-likeness (QED) is 0.685. The number of imide groups is 1. The number of hydrogen-bond donors (Lipinski definition) is 1. The molecule has 4 amide bonds. The normalized spacial score (nSPS) is 17.7. The number of amides is 4. The van der Waals surface area contributed by atoms with Crippen LogP contribution in [0.15, 0.2) is 12.3 Å². The van der Waals surface area contributed by atoms with Crippen LogP contribution in [-0.4, -0.2) is 83.5 Å². The van der Waals surface area contributed by atoms with Crippen LogP contribution >= 0.6 is 0 Å². The number of aromatic nitrogens is 2. The Morgan fingerprint density at radius 1 is 1.28 bits per heavy atom. The Balaban J connectivity index is 1.54. The highest BCUT2D eigenvalue weighted by atomic mass is 16.5. The molecule has 3 heterocycles. The second-order valence-corrected chi connectivity index (χ2v) is 5.63. The van der Waals surface area contributed by atoms with Crippen molar-refractivity contribution in [1.29, 1.82) is 0 Å². The summed E-state index contributed by atoms with van der Waals surface area (Å²) in [6, 6.07) is 1.18. The lowest BCUT2D eigenvalue weighted by atomic mass is 10.3. The third-order valence-electron chi connectivity index (χ3n) is 4.06. The van der Waals surface area contributed by atoms with Crippen LogP contribution < -0.4 is 15.0 Å². The zero-order chi connectivity index (χ0) is 17.8. The number of ether oxygens (including phenoxy) is 1. The monoisotopic (exact) mass is 348 g/mol. The molecule has 25 heavy (non-hydrogen) atoms. The van der Waals surface area contributed by atoms with Gasteiger partial charge in [0.05, 0.1) is 13.2 Å². The van der Waals surface area contributed by atoms with Crippen molar-refractivity contribution in [3.8, 4) is 5.88 Å². The van der Waals surface area contributed by atoms with Gasteiger partial charge < -0.3 is 19.9 Å². The largest absolute Gasteiger partial charge is 0.478 e. The summed E-state index contributed by atoms with van der Waals surface area (Å²) in [5.74, 6) is 0.462. The average Bonchev–Trinajstić information content (AvgIpc) is 2.94. The molecule has 0 bridgehead atoms. The minimum Gasteiger partial charge on any atom is -0.478 e. The molecular weight excluding hydrogens is 328 g/mol. The van der Waals surface area contributed by atoms with Crippen molar-refractivity contribution in [1.82, 2.24) is 25.1 Å². The molecule has 0 spiro atoms. The first kappa shape index (κ1) is 16.9. The van der Waals surface area contributed by atoms with Crippen LogP contribution in [0.5, 0.6) is 5.88 Å². The van der Waals surface area contributed by atoms with Crippen LogP contribution in [0.2, 0.25) is 0 Å². The predicted molar refractivity (Wildman–Crippen MR) is 87.1 cm³/mol. The second kappa shape index (κ2) is 7.32. The molecule has 0 radical (unpaired) electrons. The van der Waals surface area contributed by atoms with Crippen molar-refractivity contribution in [2.24, 2.45) is 0 Å². The van der Waals surface area contributed by atoms with Gasteiger partial charge in [-0.1, -0.05) is 0 Å². The van der Waals surface area contributed by atoms with Gasteiger partial charge in [-0.2, -0.15) is 4.98 Å². The van der Waals surface area contributed by atoms with E-state index >= 15 is 0 Å². The first-order valence-electron chi connectivity index (χ1n) is 8.15. The van der Waals surface area contributed by atoms with Crippen LogP contribution in [-0.2, 0) is 9.59 Å². The Kier molecular flexibility index (Phi) is 4.96.